The third-order valence-electron chi connectivity index (χ3n) is 4.09. The molecule has 0 unspecified atom stereocenters. The standard InChI is InChI=1S/C17H18N4O5S3/c1-3-20(4-2)17-18-16-14(28-17)9-13(27-16)15(22)19-29(25,26)10-11-5-7-12(8-6-11)21(23)24/h5-9H,3-4,10H2,1-2H3,(H,19,22). The van der Waals surface area contributed by atoms with Crippen LogP contribution in [0, 0.1) is 10.1 Å². The highest BCUT2D eigenvalue weighted by molar-refractivity contribution is 7.89. The molecule has 0 aliphatic carbocycles. The molecular weight excluding hydrogens is 436 g/mol. The Labute approximate surface area is 175 Å². The van der Waals surface area contributed by atoms with Crippen molar-refractivity contribution in [1.29, 1.82) is 0 Å². The van der Waals surface area contributed by atoms with Crippen molar-refractivity contribution in [3.05, 3.63) is 50.9 Å². The normalized spacial score (nSPS) is 11.5. The highest BCUT2D eigenvalue weighted by Crippen LogP contribution is 2.34. The third-order valence-corrected chi connectivity index (χ3v) is 7.52. The zero-order valence-corrected chi connectivity index (χ0v) is 18.1. The SMILES string of the molecule is CCN(CC)c1nc2sc(C(=O)NS(=O)(=O)Cc3ccc([N+](=O)[O-])cc3)cc2s1. The summed E-state index contributed by atoms with van der Waals surface area (Å²) in [5.41, 5.74) is 0.207. The second kappa shape index (κ2) is 8.43. The first-order chi connectivity index (χ1) is 13.7. The Balaban J connectivity index is 1.71. The van der Waals surface area contributed by atoms with Crippen LogP contribution in [-0.4, -0.2) is 37.3 Å². The van der Waals surface area contributed by atoms with E-state index in [4.69, 9.17) is 0 Å². The van der Waals surface area contributed by atoms with E-state index >= 15 is 0 Å². The number of rotatable bonds is 8. The second-order valence-electron chi connectivity index (χ2n) is 6.06. The van der Waals surface area contributed by atoms with Gasteiger partial charge in [0.1, 0.15) is 4.83 Å². The number of thiazole rings is 1. The minimum absolute atomic E-state index is 0.134. The molecule has 9 nitrogen and oxygen atoms in total. The number of carbonyl (C=O) groups is 1. The molecular formula is C17H18N4O5S3. The molecule has 0 bridgehead atoms. The number of fused-ring (bicyclic) bond motifs is 1. The Bertz CT molecular complexity index is 1120. The van der Waals surface area contributed by atoms with Crippen LogP contribution < -0.4 is 9.62 Å². The van der Waals surface area contributed by atoms with Gasteiger partial charge < -0.3 is 4.90 Å². The van der Waals surface area contributed by atoms with E-state index in [1.165, 1.54) is 35.6 Å². The molecule has 154 valence electrons. The van der Waals surface area contributed by atoms with E-state index in [0.29, 0.717) is 10.4 Å². The van der Waals surface area contributed by atoms with Gasteiger partial charge in [-0.25, -0.2) is 18.1 Å². The summed E-state index contributed by atoms with van der Waals surface area (Å²) in [6, 6.07) is 6.78. The molecule has 0 saturated carbocycles. The number of aromatic nitrogens is 1. The van der Waals surface area contributed by atoms with E-state index in [1.807, 2.05) is 18.6 Å². The number of nitrogens with one attached hydrogen (secondary N) is 1. The van der Waals surface area contributed by atoms with E-state index in [0.717, 1.165) is 34.3 Å². The summed E-state index contributed by atoms with van der Waals surface area (Å²) in [6.45, 7) is 5.72. The van der Waals surface area contributed by atoms with E-state index in [9.17, 15) is 23.3 Å². The van der Waals surface area contributed by atoms with Crippen LogP contribution in [0.4, 0.5) is 10.8 Å². The van der Waals surface area contributed by atoms with Crippen molar-refractivity contribution < 1.29 is 18.1 Å². The summed E-state index contributed by atoms with van der Waals surface area (Å²) in [5, 5.41) is 11.5. The molecule has 0 spiro atoms. The maximum atomic E-state index is 12.4. The monoisotopic (exact) mass is 454 g/mol. The number of non-ortho nitro benzene ring substituents is 1. The van der Waals surface area contributed by atoms with Crippen LogP contribution in [0.5, 0.6) is 0 Å². The van der Waals surface area contributed by atoms with Crippen LogP contribution in [0.15, 0.2) is 30.3 Å². The van der Waals surface area contributed by atoms with Crippen molar-refractivity contribution in [1.82, 2.24) is 9.71 Å². The first-order valence-corrected chi connectivity index (χ1v) is 11.9. The smallest absolute Gasteiger partial charge is 0.274 e. The van der Waals surface area contributed by atoms with E-state index in [2.05, 4.69) is 9.88 Å². The Morgan fingerprint density at radius 3 is 2.41 bits per heavy atom. The number of nitro benzene ring substituents is 1. The van der Waals surface area contributed by atoms with Gasteiger partial charge in [-0.3, -0.25) is 14.9 Å². The molecule has 0 aliphatic heterocycles. The number of hydrogen-bond acceptors (Lipinski definition) is 9. The Kier molecular flexibility index (Phi) is 6.15. The second-order valence-corrected chi connectivity index (χ2v) is 9.82. The predicted molar refractivity (Wildman–Crippen MR) is 114 cm³/mol. The number of sulfonamides is 1. The average Bonchev–Trinajstić information content (AvgIpc) is 3.21. The van der Waals surface area contributed by atoms with Crippen LogP contribution >= 0.6 is 22.7 Å². The molecule has 0 atom stereocenters. The quantitative estimate of drug-likeness (QED) is 0.409. The number of nitro groups is 1. The zero-order chi connectivity index (χ0) is 21.2. The van der Waals surface area contributed by atoms with Crippen LogP contribution in [0.2, 0.25) is 0 Å². The summed E-state index contributed by atoms with van der Waals surface area (Å²) in [4.78, 5) is 30.1. The first kappa shape index (κ1) is 21.1. The summed E-state index contributed by atoms with van der Waals surface area (Å²) >= 11 is 2.60. The maximum absolute atomic E-state index is 12.4. The summed E-state index contributed by atoms with van der Waals surface area (Å²) in [7, 11) is -3.95. The lowest BCUT2D eigenvalue weighted by atomic mass is 10.2. The highest BCUT2D eigenvalue weighted by atomic mass is 32.2. The lowest BCUT2D eigenvalue weighted by Crippen LogP contribution is -2.31. The van der Waals surface area contributed by atoms with Gasteiger partial charge in [-0.1, -0.05) is 23.5 Å². The summed E-state index contributed by atoms with van der Waals surface area (Å²) in [5.74, 6) is -1.17. The predicted octanol–water partition coefficient (Wildman–Crippen LogP) is 3.37. The minimum atomic E-state index is -3.95. The first-order valence-electron chi connectivity index (χ1n) is 8.66. The van der Waals surface area contributed by atoms with Gasteiger partial charge >= 0.3 is 0 Å². The highest BCUT2D eigenvalue weighted by Gasteiger charge is 2.21. The van der Waals surface area contributed by atoms with Crippen molar-refractivity contribution in [2.75, 3.05) is 18.0 Å². The molecule has 1 aromatic carbocycles. The summed E-state index contributed by atoms with van der Waals surface area (Å²) < 4.78 is 27.5. The van der Waals surface area contributed by atoms with E-state index in [-0.39, 0.29) is 10.6 Å². The number of carbonyl (C=O) groups excluding carboxylic acids is 1. The van der Waals surface area contributed by atoms with Gasteiger partial charge in [-0.15, -0.1) is 11.3 Å². The number of nitrogens with zero attached hydrogens (tertiary/aromatic N) is 3. The van der Waals surface area contributed by atoms with Crippen molar-refractivity contribution >= 4 is 59.0 Å². The maximum Gasteiger partial charge on any atom is 0.274 e. The van der Waals surface area contributed by atoms with Gasteiger partial charge in [0.05, 0.1) is 20.3 Å². The average molecular weight is 455 g/mol. The number of thiophene rings is 1. The Hall–Kier alpha value is -2.57. The summed E-state index contributed by atoms with van der Waals surface area (Å²) in [6.07, 6.45) is 0. The van der Waals surface area contributed by atoms with Crippen LogP contribution in [0.25, 0.3) is 9.53 Å². The van der Waals surface area contributed by atoms with Crippen molar-refractivity contribution in [3.63, 3.8) is 0 Å². The molecule has 1 N–H and O–H groups in total. The van der Waals surface area contributed by atoms with Crippen molar-refractivity contribution in [3.8, 4) is 0 Å². The van der Waals surface area contributed by atoms with Gasteiger partial charge in [0.15, 0.2) is 5.13 Å². The zero-order valence-electron chi connectivity index (χ0n) is 15.6. The fourth-order valence-electron chi connectivity index (χ4n) is 2.63. The van der Waals surface area contributed by atoms with Gasteiger partial charge in [0, 0.05) is 25.2 Å². The van der Waals surface area contributed by atoms with Crippen molar-refractivity contribution in [2.24, 2.45) is 0 Å². The lowest BCUT2D eigenvalue weighted by Gasteiger charge is -2.16. The third kappa shape index (κ3) is 4.89. The van der Waals surface area contributed by atoms with Crippen LogP contribution in [0.1, 0.15) is 29.1 Å². The molecule has 2 heterocycles. The number of anilines is 1. The van der Waals surface area contributed by atoms with Crippen molar-refractivity contribution in [2.45, 2.75) is 19.6 Å². The lowest BCUT2D eigenvalue weighted by molar-refractivity contribution is -0.384. The molecule has 3 aromatic rings. The van der Waals surface area contributed by atoms with Gasteiger partial charge in [-0.05, 0) is 25.5 Å². The number of hydrogen-bond donors (Lipinski definition) is 1. The Morgan fingerprint density at radius 1 is 1.21 bits per heavy atom. The molecule has 0 aliphatic rings. The van der Waals surface area contributed by atoms with Gasteiger partial charge in [0.25, 0.3) is 11.6 Å². The fraction of sp³-hybridized carbons (Fsp3) is 0.294. The van der Waals surface area contributed by atoms with Gasteiger partial charge in [0.2, 0.25) is 10.0 Å². The minimum Gasteiger partial charge on any atom is -0.349 e. The van der Waals surface area contributed by atoms with E-state index < -0.39 is 26.6 Å². The fourth-order valence-corrected chi connectivity index (χ4v) is 6.02. The number of amides is 1. The molecule has 3 rings (SSSR count). The largest absolute Gasteiger partial charge is 0.349 e. The number of benzene rings is 1. The molecule has 1 amide bonds. The van der Waals surface area contributed by atoms with E-state index in [1.54, 1.807) is 6.07 Å². The molecule has 29 heavy (non-hydrogen) atoms. The molecule has 0 saturated heterocycles. The molecule has 12 heteroatoms. The Morgan fingerprint density at radius 2 is 1.86 bits per heavy atom. The van der Waals surface area contributed by atoms with Crippen LogP contribution in [-0.2, 0) is 15.8 Å². The van der Waals surface area contributed by atoms with Gasteiger partial charge in [-0.2, -0.15) is 0 Å². The molecule has 2 aromatic heterocycles. The molecule has 0 fully saturated rings. The molecule has 0 radical (unpaired) electrons. The van der Waals surface area contributed by atoms with Crippen LogP contribution in [0.3, 0.4) is 0 Å². The topological polar surface area (TPSA) is 123 Å².